The van der Waals surface area contributed by atoms with Crippen LogP contribution in [0.5, 0.6) is 0 Å². The molecule has 1 aromatic heterocycles. The Hall–Kier alpha value is -1.75. The number of benzene rings is 1. The second kappa shape index (κ2) is 6.61. The normalized spacial score (nSPS) is 12.8. The fraction of sp³-hybridized carbons (Fsp3) is 0.467. The first-order valence-electron chi connectivity index (χ1n) is 6.89. The van der Waals surface area contributed by atoms with Crippen LogP contribution in [-0.4, -0.2) is 21.8 Å². The van der Waals surface area contributed by atoms with Crippen LogP contribution in [0.1, 0.15) is 31.3 Å². The third-order valence-corrected chi connectivity index (χ3v) is 3.24. The van der Waals surface area contributed by atoms with E-state index in [4.69, 9.17) is 0 Å². The van der Waals surface area contributed by atoms with Crippen molar-refractivity contribution in [3.8, 4) is 0 Å². The lowest BCUT2D eigenvalue weighted by Gasteiger charge is -2.17. The van der Waals surface area contributed by atoms with Crippen molar-refractivity contribution >= 4 is 0 Å². The van der Waals surface area contributed by atoms with Gasteiger partial charge in [0.2, 0.25) is 0 Å². The van der Waals surface area contributed by atoms with Gasteiger partial charge in [-0.25, -0.2) is 14.1 Å². The van der Waals surface area contributed by atoms with E-state index in [1.165, 1.54) is 12.1 Å². The molecule has 1 atom stereocenters. The van der Waals surface area contributed by atoms with Crippen molar-refractivity contribution in [2.45, 2.75) is 32.9 Å². The number of hydrogen-bond acceptors (Lipinski definition) is 3. The second-order valence-corrected chi connectivity index (χ2v) is 5.35. The van der Waals surface area contributed by atoms with Gasteiger partial charge in [0.15, 0.2) is 0 Å². The van der Waals surface area contributed by atoms with Gasteiger partial charge in [-0.15, -0.1) is 0 Å². The van der Waals surface area contributed by atoms with E-state index < -0.39 is 0 Å². The second-order valence-electron chi connectivity index (χ2n) is 5.35. The third kappa shape index (κ3) is 3.63. The highest BCUT2D eigenvalue weighted by atomic mass is 19.1. The molecule has 4 nitrogen and oxygen atoms in total. The summed E-state index contributed by atoms with van der Waals surface area (Å²) in [5, 5.41) is 7.52. The van der Waals surface area contributed by atoms with Gasteiger partial charge in [-0.2, -0.15) is 5.10 Å². The quantitative estimate of drug-likeness (QED) is 0.882. The van der Waals surface area contributed by atoms with Crippen LogP contribution in [0.15, 0.2) is 30.6 Å². The lowest BCUT2D eigenvalue weighted by Crippen LogP contribution is -2.21. The molecule has 5 heteroatoms. The molecule has 0 saturated carbocycles. The third-order valence-electron chi connectivity index (χ3n) is 3.24. The number of aromatic nitrogens is 3. The number of rotatable bonds is 6. The van der Waals surface area contributed by atoms with Crippen LogP contribution in [0.3, 0.4) is 0 Å². The minimum absolute atomic E-state index is 0.103. The molecule has 108 valence electrons. The van der Waals surface area contributed by atoms with Crippen LogP contribution in [0.25, 0.3) is 0 Å². The molecule has 2 rings (SSSR count). The maximum absolute atomic E-state index is 13.0. The highest BCUT2D eigenvalue weighted by molar-refractivity contribution is 5.20. The van der Waals surface area contributed by atoms with Crippen molar-refractivity contribution in [3.63, 3.8) is 0 Å². The van der Waals surface area contributed by atoms with E-state index in [0.717, 1.165) is 24.4 Å². The van der Waals surface area contributed by atoms with E-state index in [-0.39, 0.29) is 11.9 Å². The molecule has 20 heavy (non-hydrogen) atoms. The first-order chi connectivity index (χ1) is 9.60. The summed E-state index contributed by atoms with van der Waals surface area (Å²) in [5.41, 5.74) is 1.05. The van der Waals surface area contributed by atoms with Gasteiger partial charge in [0.25, 0.3) is 0 Å². The lowest BCUT2D eigenvalue weighted by molar-refractivity contribution is 0.451. The van der Waals surface area contributed by atoms with Gasteiger partial charge in [-0.1, -0.05) is 26.0 Å². The molecule has 2 aromatic rings. The van der Waals surface area contributed by atoms with E-state index in [0.29, 0.717) is 5.92 Å². The Morgan fingerprint density at radius 2 is 1.95 bits per heavy atom. The molecule has 0 aliphatic rings. The van der Waals surface area contributed by atoms with Crippen LogP contribution in [-0.2, 0) is 13.0 Å². The molecule has 0 amide bonds. The fourth-order valence-corrected chi connectivity index (χ4v) is 2.21. The summed E-state index contributed by atoms with van der Waals surface area (Å²) in [7, 11) is 1.90. The number of halogens is 1. The molecule has 0 saturated heterocycles. The Kier molecular flexibility index (Phi) is 4.84. The zero-order valence-corrected chi connectivity index (χ0v) is 12.2. The Morgan fingerprint density at radius 1 is 1.25 bits per heavy atom. The number of nitrogens with zero attached hydrogens (tertiary/aromatic N) is 3. The smallest absolute Gasteiger partial charge is 0.138 e. The summed E-state index contributed by atoms with van der Waals surface area (Å²) < 4.78 is 14.9. The van der Waals surface area contributed by atoms with Crippen LogP contribution in [0.2, 0.25) is 0 Å². The van der Waals surface area contributed by atoms with Gasteiger partial charge in [0.05, 0.1) is 0 Å². The summed E-state index contributed by atoms with van der Waals surface area (Å²) >= 11 is 0. The summed E-state index contributed by atoms with van der Waals surface area (Å²) in [4.78, 5) is 4.34. The molecule has 0 fully saturated rings. The van der Waals surface area contributed by atoms with E-state index in [1.807, 2.05) is 11.7 Å². The van der Waals surface area contributed by atoms with Crippen molar-refractivity contribution in [1.29, 1.82) is 0 Å². The van der Waals surface area contributed by atoms with Gasteiger partial charge in [0.1, 0.15) is 18.0 Å². The topological polar surface area (TPSA) is 42.7 Å². The van der Waals surface area contributed by atoms with Crippen LogP contribution in [0.4, 0.5) is 4.39 Å². The lowest BCUT2D eigenvalue weighted by atomic mass is 10.0. The molecule has 1 aromatic carbocycles. The minimum Gasteiger partial charge on any atom is -0.313 e. The predicted octanol–water partition coefficient (Wildman–Crippen LogP) is 2.58. The average molecular weight is 276 g/mol. The van der Waals surface area contributed by atoms with E-state index >= 15 is 0 Å². The molecule has 1 N–H and O–H groups in total. The Labute approximate surface area is 119 Å². The molecule has 1 unspecified atom stereocenters. The first-order valence-corrected chi connectivity index (χ1v) is 6.89. The molecule has 0 spiro atoms. The largest absolute Gasteiger partial charge is 0.313 e. The highest BCUT2D eigenvalue weighted by Gasteiger charge is 2.15. The van der Waals surface area contributed by atoms with Gasteiger partial charge in [-0.3, -0.25) is 0 Å². The number of likely N-dealkylation sites (N-methyl/N-ethyl adjacent to an activating group) is 1. The predicted molar refractivity (Wildman–Crippen MR) is 76.8 cm³/mol. The van der Waals surface area contributed by atoms with E-state index in [1.54, 1.807) is 18.5 Å². The summed E-state index contributed by atoms with van der Waals surface area (Å²) in [5.74, 6) is 1.25. The summed E-state index contributed by atoms with van der Waals surface area (Å²) in [6.07, 6.45) is 2.32. The average Bonchev–Trinajstić information content (AvgIpc) is 2.83. The Bertz CT molecular complexity index is 533. The van der Waals surface area contributed by atoms with Crippen molar-refractivity contribution in [2.24, 2.45) is 5.92 Å². The number of hydrogen-bond donors (Lipinski definition) is 1. The Balaban J connectivity index is 2.14. The maximum Gasteiger partial charge on any atom is 0.138 e. The van der Waals surface area contributed by atoms with Crippen LogP contribution >= 0.6 is 0 Å². The fourth-order valence-electron chi connectivity index (χ4n) is 2.21. The zero-order chi connectivity index (χ0) is 14.5. The zero-order valence-electron chi connectivity index (χ0n) is 12.2. The summed E-state index contributed by atoms with van der Waals surface area (Å²) in [6, 6.07) is 6.68. The molecule has 1 heterocycles. The molecular weight excluding hydrogens is 255 g/mol. The van der Waals surface area contributed by atoms with Crippen molar-refractivity contribution < 1.29 is 4.39 Å². The molecular formula is C15H21FN4. The standard InChI is InChI=1S/C15H21FN4/c1-11(2)9-20-15(18-10-19-20)8-14(17-3)12-4-6-13(16)7-5-12/h4-7,10-11,14,17H,8-9H2,1-3H3. The highest BCUT2D eigenvalue weighted by Crippen LogP contribution is 2.18. The van der Waals surface area contributed by atoms with E-state index in [9.17, 15) is 4.39 Å². The van der Waals surface area contributed by atoms with E-state index in [2.05, 4.69) is 29.2 Å². The van der Waals surface area contributed by atoms with Gasteiger partial charge in [0, 0.05) is 19.0 Å². The molecule has 0 aliphatic heterocycles. The van der Waals surface area contributed by atoms with Crippen molar-refractivity contribution in [3.05, 3.63) is 47.8 Å². The molecule has 0 bridgehead atoms. The van der Waals surface area contributed by atoms with Gasteiger partial charge < -0.3 is 5.32 Å². The SMILES string of the molecule is CNC(Cc1ncnn1CC(C)C)c1ccc(F)cc1. The van der Waals surface area contributed by atoms with Gasteiger partial charge >= 0.3 is 0 Å². The van der Waals surface area contributed by atoms with Crippen molar-refractivity contribution in [1.82, 2.24) is 20.1 Å². The van der Waals surface area contributed by atoms with Crippen molar-refractivity contribution in [2.75, 3.05) is 7.05 Å². The maximum atomic E-state index is 13.0. The first kappa shape index (κ1) is 14.7. The molecule has 0 radical (unpaired) electrons. The monoisotopic (exact) mass is 276 g/mol. The summed E-state index contributed by atoms with van der Waals surface area (Å²) in [6.45, 7) is 5.16. The minimum atomic E-state index is -0.216. The number of nitrogens with one attached hydrogen (secondary N) is 1. The van der Waals surface area contributed by atoms with Gasteiger partial charge in [-0.05, 0) is 30.7 Å². The van der Waals surface area contributed by atoms with Crippen LogP contribution in [0, 0.1) is 11.7 Å². The molecule has 0 aliphatic carbocycles. The van der Waals surface area contributed by atoms with Crippen LogP contribution < -0.4 is 5.32 Å². The Morgan fingerprint density at radius 3 is 2.55 bits per heavy atom.